The summed E-state index contributed by atoms with van der Waals surface area (Å²) in [6.07, 6.45) is 0. The Bertz CT molecular complexity index is 778. The number of nitrogens with one attached hydrogen (secondary N) is 1. The van der Waals surface area contributed by atoms with Crippen molar-refractivity contribution in [1.82, 2.24) is 5.32 Å². The molecule has 0 unspecified atom stereocenters. The summed E-state index contributed by atoms with van der Waals surface area (Å²) in [6.45, 7) is 0. The highest BCUT2D eigenvalue weighted by Crippen LogP contribution is 2.23. The van der Waals surface area contributed by atoms with Crippen LogP contribution in [0.3, 0.4) is 0 Å². The van der Waals surface area contributed by atoms with Gasteiger partial charge in [0.2, 0.25) is 0 Å². The van der Waals surface area contributed by atoms with Crippen molar-refractivity contribution in [3.05, 3.63) is 60.2 Å². The lowest BCUT2D eigenvalue weighted by atomic mass is 10.0. The first-order valence-corrected chi connectivity index (χ1v) is 6.54. The van der Waals surface area contributed by atoms with Crippen LogP contribution < -0.4 is 5.32 Å². The van der Waals surface area contributed by atoms with E-state index in [2.05, 4.69) is 77.1 Å². The van der Waals surface area contributed by atoms with Gasteiger partial charge >= 0.3 is 0 Å². The Kier molecular flexibility index (Phi) is 3.13. The van der Waals surface area contributed by atoms with Gasteiger partial charge in [-0.1, -0.05) is 36.4 Å². The molecule has 0 spiro atoms. The quantitative estimate of drug-likeness (QED) is 0.298. The first-order valence-electron chi connectivity index (χ1n) is 6.14. The van der Waals surface area contributed by atoms with E-state index in [1.54, 1.807) is 0 Å². The number of thiol groups is 1. The van der Waals surface area contributed by atoms with Gasteiger partial charge in [0.1, 0.15) is 5.84 Å². The minimum absolute atomic E-state index is 0.776. The lowest BCUT2D eigenvalue weighted by Gasteiger charge is -2.07. The van der Waals surface area contributed by atoms with Gasteiger partial charge in [-0.25, -0.2) is 4.40 Å². The van der Waals surface area contributed by atoms with Gasteiger partial charge in [-0.2, -0.15) is 0 Å². The Labute approximate surface area is 117 Å². The fraction of sp³-hybridized carbons (Fsp3) is 0.0625. The SMILES string of the molecule is CN/C(=N\S)c1ccc2cc3ccccc3cc2c1. The number of fused-ring (bicyclic) bond motifs is 2. The van der Waals surface area contributed by atoms with Gasteiger partial charge < -0.3 is 5.32 Å². The third-order valence-corrected chi connectivity index (χ3v) is 3.52. The number of amidine groups is 1. The summed E-state index contributed by atoms with van der Waals surface area (Å²) in [5, 5.41) is 8.00. The molecule has 0 aliphatic carbocycles. The van der Waals surface area contributed by atoms with E-state index >= 15 is 0 Å². The Morgan fingerprint density at radius 2 is 1.53 bits per heavy atom. The van der Waals surface area contributed by atoms with E-state index in [9.17, 15) is 0 Å². The second-order valence-corrected chi connectivity index (χ2v) is 4.66. The molecule has 0 aliphatic rings. The second-order valence-electron chi connectivity index (χ2n) is 4.46. The van der Waals surface area contributed by atoms with Crippen LogP contribution in [0, 0.1) is 0 Å². The molecule has 0 aliphatic heterocycles. The van der Waals surface area contributed by atoms with E-state index in [1.165, 1.54) is 21.5 Å². The van der Waals surface area contributed by atoms with E-state index in [4.69, 9.17) is 0 Å². The molecule has 0 fully saturated rings. The van der Waals surface area contributed by atoms with Crippen LogP contribution in [0.1, 0.15) is 5.56 Å². The molecule has 3 aromatic carbocycles. The molecular formula is C16H14N2S. The monoisotopic (exact) mass is 266 g/mol. The van der Waals surface area contributed by atoms with Crippen LogP contribution >= 0.6 is 12.8 Å². The number of benzene rings is 3. The van der Waals surface area contributed by atoms with Gasteiger partial charge in [-0.3, -0.25) is 0 Å². The fourth-order valence-electron chi connectivity index (χ4n) is 2.34. The van der Waals surface area contributed by atoms with E-state index in [-0.39, 0.29) is 0 Å². The summed E-state index contributed by atoms with van der Waals surface area (Å²) < 4.78 is 3.95. The number of nitrogens with zero attached hydrogens (tertiary/aromatic N) is 1. The Balaban J connectivity index is 2.25. The molecule has 0 amide bonds. The predicted molar refractivity (Wildman–Crippen MR) is 86.0 cm³/mol. The van der Waals surface area contributed by atoms with E-state index < -0.39 is 0 Å². The maximum Gasteiger partial charge on any atom is 0.140 e. The Morgan fingerprint density at radius 1 is 0.895 bits per heavy atom. The topological polar surface area (TPSA) is 24.4 Å². The summed E-state index contributed by atoms with van der Waals surface area (Å²) >= 11 is 3.99. The molecule has 19 heavy (non-hydrogen) atoms. The molecule has 3 rings (SSSR count). The van der Waals surface area contributed by atoms with Gasteiger partial charge in [-0.05, 0) is 52.6 Å². The van der Waals surface area contributed by atoms with Crippen LogP contribution in [0.5, 0.6) is 0 Å². The molecule has 0 atom stereocenters. The molecule has 94 valence electrons. The molecule has 0 saturated carbocycles. The summed E-state index contributed by atoms with van der Waals surface area (Å²) in [5.74, 6) is 0.776. The first kappa shape index (κ1) is 12.1. The van der Waals surface area contributed by atoms with Crippen molar-refractivity contribution >= 4 is 40.2 Å². The van der Waals surface area contributed by atoms with Crippen molar-refractivity contribution in [3.8, 4) is 0 Å². The molecule has 0 radical (unpaired) electrons. The minimum atomic E-state index is 0.776. The lowest BCUT2D eigenvalue weighted by Crippen LogP contribution is -2.18. The van der Waals surface area contributed by atoms with E-state index in [0.29, 0.717) is 0 Å². The zero-order chi connectivity index (χ0) is 13.2. The zero-order valence-corrected chi connectivity index (χ0v) is 11.5. The fourth-order valence-corrected chi connectivity index (χ4v) is 2.55. The molecule has 1 N–H and O–H groups in total. The minimum Gasteiger partial charge on any atom is -0.372 e. The van der Waals surface area contributed by atoms with Crippen LogP contribution in [0.4, 0.5) is 0 Å². The average molecular weight is 266 g/mol. The van der Waals surface area contributed by atoms with Crippen LogP contribution in [0.25, 0.3) is 21.5 Å². The normalized spacial score (nSPS) is 12.0. The molecule has 0 bridgehead atoms. The maximum absolute atomic E-state index is 3.99. The largest absolute Gasteiger partial charge is 0.372 e. The van der Waals surface area contributed by atoms with Crippen molar-refractivity contribution in [2.24, 2.45) is 4.40 Å². The summed E-state index contributed by atoms with van der Waals surface area (Å²) in [7, 11) is 1.85. The standard InChI is InChI=1S/C16H14N2S/c1-17-16(18-19)14-7-6-13-8-11-4-2-3-5-12(11)9-15(13)10-14/h2-10,19H,1H3,(H,17,18). The number of hydrogen-bond acceptors (Lipinski definition) is 2. The third-order valence-electron chi connectivity index (χ3n) is 3.32. The molecular weight excluding hydrogens is 252 g/mol. The number of hydrogen-bond donors (Lipinski definition) is 2. The molecule has 2 nitrogen and oxygen atoms in total. The van der Waals surface area contributed by atoms with Gasteiger partial charge in [0.25, 0.3) is 0 Å². The lowest BCUT2D eigenvalue weighted by molar-refractivity contribution is 1.18. The van der Waals surface area contributed by atoms with Gasteiger partial charge in [-0.15, -0.1) is 0 Å². The van der Waals surface area contributed by atoms with Crippen molar-refractivity contribution < 1.29 is 0 Å². The summed E-state index contributed by atoms with van der Waals surface area (Å²) in [6, 6.07) is 19.1. The predicted octanol–water partition coefficient (Wildman–Crippen LogP) is 3.80. The van der Waals surface area contributed by atoms with Gasteiger partial charge in [0.15, 0.2) is 0 Å². The third kappa shape index (κ3) is 2.17. The second kappa shape index (κ2) is 4.94. The molecule has 3 aromatic rings. The Morgan fingerprint density at radius 3 is 2.16 bits per heavy atom. The molecule has 0 aromatic heterocycles. The smallest absolute Gasteiger partial charge is 0.140 e. The van der Waals surface area contributed by atoms with Crippen molar-refractivity contribution in [2.45, 2.75) is 0 Å². The van der Waals surface area contributed by atoms with Crippen LogP contribution in [0.15, 0.2) is 59.0 Å². The zero-order valence-electron chi connectivity index (χ0n) is 10.6. The van der Waals surface area contributed by atoms with Gasteiger partial charge in [0, 0.05) is 12.6 Å². The van der Waals surface area contributed by atoms with Crippen molar-refractivity contribution in [3.63, 3.8) is 0 Å². The van der Waals surface area contributed by atoms with Gasteiger partial charge in [0.05, 0.1) is 0 Å². The summed E-state index contributed by atoms with van der Waals surface area (Å²) in [4.78, 5) is 0. The highest BCUT2D eigenvalue weighted by Gasteiger charge is 2.03. The molecule has 0 heterocycles. The molecule has 0 saturated heterocycles. The first-order chi connectivity index (χ1) is 9.31. The van der Waals surface area contributed by atoms with Crippen LogP contribution in [0.2, 0.25) is 0 Å². The van der Waals surface area contributed by atoms with Crippen molar-refractivity contribution in [2.75, 3.05) is 7.05 Å². The van der Waals surface area contributed by atoms with Crippen LogP contribution in [-0.4, -0.2) is 12.9 Å². The number of rotatable bonds is 1. The molecule has 3 heteroatoms. The highest BCUT2D eigenvalue weighted by atomic mass is 32.1. The Hall–Kier alpha value is -2.00. The maximum atomic E-state index is 3.99. The highest BCUT2D eigenvalue weighted by molar-refractivity contribution is 7.79. The van der Waals surface area contributed by atoms with E-state index in [1.807, 2.05) is 7.05 Å². The average Bonchev–Trinajstić information content (AvgIpc) is 2.46. The summed E-state index contributed by atoms with van der Waals surface area (Å²) in [5.41, 5.74) is 1.04. The van der Waals surface area contributed by atoms with Crippen LogP contribution in [-0.2, 0) is 0 Å². The van der Waals surface area contributed by atoms with E-state index in [0.717, 1.165) is 11.4 Å². The van der Waals surface area contributed by atoms with Crippen molar-refractivity contribution in [1.29, 1.82) is 0 Å².